The van der Waals surface area contributed by atoms with Gasteiger partial charge in [-0.3, -0.25) is 0 Å². The number of aromatic nitrogens is 1. The van der Waals surface area contributed by atoms with Gasteiger partial charge in [-0.1, -0.05) is 18.2 Å². The van der Waals surface area contributed by atoms with Crippen molar-refractivity contribution < 1.29 is 4.74 Å². The van der Waals surface area contributed by atoms with Crippen LogP contribution in [0.15, 0.2) is 30.5 Å². The third-order valence-electron chi connectivity index (χ3n) is 3.54. The summed E-state index contributed by atoms with van der Waals surface area (Å²) in [6, 6.07) is 8.28. The molecular formula is C14H19N3O. The van der Waals surface area contributed by atoms with Crippen molar-refractivity contribution in [1.29, 1.82) is 0 Å². The Balaban J connectivity index is 1.76. The highest BCUT2D eigenvalue weighted by Crippen LogP contribution is 2.26. The maximum atomic E-state index is 6.31. The molecule has 0 spiro atoms. The number of hydrogen-bond donors (Lipinski definition) is 3. The van der Waals surface area contributed by atoms with Gasteiger partial charge in [0.15, 0.2) is 0 Å². The first-order valence-corrected chi connectivity index (χ1v) is 6.48. The van der Waals surface area contributed by atoms with Crippen molar-refractivity contribution in [2.75, 3.05) is 19.7 Å². The molecule has 1 aromatic heterocycles. The number of benzene rings is 1. The van der Waals surface area contributed by atoms with Gasteiger partial charge in [0, 0.05) is 36.2 Å². The summed E-state index contributed by atoms with van der Waals surface area (Å²) in [5.41, 5.74) is 8.63. The zero-order valence-corrected chi connectivity index (χ0v) is 10.4. The molecule has 1 aliphatic heterocycles. The quantitative estimate of drug-likeness (QED) is 0.768. The minimum Gasteiger partial charge on any atom is -0.376 e. The summed E-state index contributed by atoms with van der Waals surface area (Å²) in [6.07, 6.45) is 3.10. The highest BCUT2D eigenvalue weighted by Gasteiger charge is 2.19. The summed E-state index contributed by atoms with van der Waals surface area (Å²) in [5, 5.41) is 4.55. The Morgan fingerprint density at radius 3 is 3.11 bits per heavy atom. The molecular weight excluding hydrogens is 226 g/mol. The van der Waals surface area contributed by atoms with E-state index >= 15 is 0 Å². The Bertz CT molecular complexity index is 516. The second-order valence-electron chi connectivity index (χ2n) is 4.83. The fourth-order valence-corrected chi connectivity index (χ4v) is 2.58. The predicted molar refractivity (Wildman–Crippen MR) is 72.5 cm³/mol. The van der Waals surface area contributed by atoms with Gasteiger partial charge in [-0.15, -0.1) is 0 Å². The highest BCUT2D eigenvalue weighted by atomic mass is 16.5. The molecule has 1 fully saturated rings. The van der Waals surface area contributed by atoms with Gasteiger partial charge in [-0.2, -0.15) is 0 Å². The second-order valence-corrected chi connectivity index (χ2v) is 4.83. The third-order valence-corrected chi connectivity index (χ3v) is 3.54. The lowest BCUT2D eigenvalue weighted by atomic mass is 10.0. The van der Waals surface area contributed by atoms with Crippen LogP contribution >= 0.6 is 0 Å². The van der Waals surface area contributed by atoms with Crippen molar-refractivity contribution in [2.24, 2.45) is 5.73 Å². The van der Waals surface area contributed by atoms with E-state index in [0.717, 1.165) is 31.6 Å². The van der Waals surface area contributed by atoms with Crippen molar-refractivity contribution in [2.45, 2.75) is 18.6 Å². The monoisotopic (exact) mass is 245 g/mol. The molecule has 2 atom stereocenters. The van der Waals surface area contributed by atoms with E-state index in [9.17, 15) is 0 Å². The largest absolute Gasteiger partial charge is 0.376 e. The Kier molecular flexibility index (Phi) is 3.32. The topological polar surface area (TPSA) is 63.1 Å². The molecule has 18 heavy (non-hydrogen) atoms. The molecule has 96 valence electrons. The van der Waals surface area contributed by atoms with Crippen LogP contribution < -0.4 is 11.1 Å². The summed E-state index contributed by atoms with van der Waals surface area (Å²) in [4.78, 5) is 3.27. The molecule has 2 heterocycles. The first-order valence-electron chi connectivity index (χ1n) is 6.48. The Labute approximate surface area is 107 Å². The van der Waals surface area contributed by atoms with Gasteiger partial charge >= 0.3 is 0 Å². The fraction of sp³-hybridized carbons (Fsp3) is 0.429. The number of nitrogens with two attached hydrogens (primary N) is 1. The minimum absolute atomic E-state index is 0.0195. The number of morpholine rings is 1. The van der Waals surface area contributed by atoms with Gasteiger partial charge < -0.3 is 20.8 Å². The summed E-state index contributed by atoms with van der Waals surface area (Å²) in [6.45, 7) is 2.63. The maximum Gasteiger partial charge on any atom is 0.0718 e. The molecule has 1 aromatic carbocycles. The van der Waals surface area contributed by atoms with Crippen molar-refractivity contribution in [3.8, 4) is 0 Å². The van der Waals surface area contributed by atoms with E-state index in [1.54, 1.807) is 0 Å². The molecule has 3 rings (SSSR count). The first kappa shape index (κ1) is 11.7. The van der Waals surface area contributed by atoms with Crippen LogP contribution in [0.25, 0.3) is 10.9 Å². The normalized spacial score (nSPS) is 22.2. The molecule has 2 aromatic rings. The summed E-state index contributed by atoms with van der Waals surface area (Å²) in [5.74, 6) is 0. The van der Waals surface area contributed by atoms with Crippen molar-refractivity contribution in [3.63, 3.8) is 0 Å². The average Bonchev–Trinajstić information content (AvgIpc) is 2.84. The van der Waals surface area contributed by atoms with E-state index < -0.39 is 0 Å². The second kappa shape index (κ2) is 5.10. The molecule has 1 aliphatic rings. The highest BCUT2D eigenvalue weighted by molar-refractivity contribution is 5.83. The van der Waals surface area contributed by atoms with Crippen molar-refractivity contribution >= 4 is 10.9 Å². The van der Waals surface area contributed by atoms with E-state index in [-0.39, 0.29) is 12.1 Å². The van der Waals surface area contributed by atoms with Crippen LogP contribution in [0.2, 0.25) is 0 Å². The molecule has 4 N–H and O–H groups in total. The van der Waals surface area contributed by atoms with E-state index in [1.807, 2.05) is 18.3 Å². The van der Waals surface area contributed by atoms with E-state index in [2.05, 4.69) is 22.4 Å². The van der Waals surface area contributed by atoms with Crippen LogP contribution in [0.4, 0.5) is 0 Å². The van der Waals surface area contributed by atoms with Crippen LogP contribution in [-0.2, 0) is 4.74 Å². The lowest BCUT2D eigenvalue weighted by Gasteiger charge is -2.26. The lowest BCUT2D eigenvalue weighted by Crippen LogP contribution is -2.40. The summed E-state index contributed by atoms with van der Waals surface area (Å²) in [7, 11) is 0. The third kappa shape index (κ3) is 2.27. The van der Waals surface area contributed by atoms with Crippen molar-refractivity contribution in [1.82, 2.24) is 10.3 Å². The van der Waals surface area contributed by atoms with Crippen LogP contribution in [0.3, 0.4) is 0 Å². The van der Waals surface area contributed by atoms with Gasteiger partial charge in [-0.05, 0) is 18.1 Å². The minimum atomic E-state index is 0.0195. The van der Waals surface area contributed by atoms with Gasteiger partial charge in [-0.25, -0.2) is 0 Å². The van der Waals surface area contributed by atoms with E-state index in [4.69, 9.17) is 10.5 Å². The zero-order chi connectivity index (χ0) is 12.4. The number of rotatable bonds is 3. The van der Waals surface area contributed by atoms with Crippen LogP contribution in [0.5, 0.6) is 0 Å². The van der Waals surface area contributed by atoms with Gasteiger partial charge in [0.05, 0.1) is 12.7 Å². The van der Waals surface area contributed by atoms with Gasteiger partial charge in [0.1, 0.15) is 0 Å². The Morgan fingerprint density at radius 2 is 2.28 bits per heavy atom. The fourth-order valence-electron chi connectivity index (χ4n) is 2.58. The average molecular weight is 245 g/mol. The molecule has 2 unspecified atom stereocenters. The predicted octanol–water partition coefficient (Wildman–Crippen LogP) is 1.55. The standard InChI is InChI=1S/C14H19N3O/c15-13(7-10-8-16-5-6-18-10)12-9-17-14-4-2-1-3-11(12)14/h1-4,9-10,13,16-17H,5-8,15H2. The molecule has 0 saturated carbocycles. The number of para-hydroxylation sites is 1. The smallest absolute Gasteiger partial charge is 0.0718 e. The first-order chi connectivity index (χ1) is 8.84. The summed E-state index contributed by atoms with van der Waals surface area (Å²) >= 11 is 0. The number of aromatic amines is 1. The van der Waals surface area contributed by atoms with Crippen molar-refractivity contribution in [3.05, 3.63) is 36.0 Å². The molecule has 0 radical (unpaired) electrons. The number of ether oxygens (including phenoxy) is 1. The molecule has 0 aliphatic carbocycles. The van der Waals surface area contributed by atoms with Gasteiger partial charge in [0.2, 0.25) is 0 Å². The zero-order valence-electron chi connectivity index (χ0n) is 10.4. The Morgan fingerprint density at radius 1 is 1.39 bits per heavy atom. The van der Waals surface area contributed by atoms with Crippen LogP contribution in [0.1, 0.15) is 18.0 Å². The number of fused-ring (bicyclic) bond motifs is 1. The molecule has 4 nitrogen and oxygen atoms in total. The van der Waals surface area contributed by atoms with E-state index in [0.29, 0.717) is 0 Å². The van der Waals surface area contributed by atoms with Crippen LogP contribution in [-0.4, -0.2) is 30.8 Å². The van der Waals surface area contributed by atoms with Gasteiger partial charge in [0.25, 0.3) is 0 Å². The molecule has 4 heteroatoms. The molecule has 0 amide bonds. The lowest BCUT2D eigenvalue weighted by molar-refractivity contribution is 0.0196. The molecule has 0 bridgehead atoms. The number of nitrogens with one attached hydrogen (secondary N) is 2. The number of hydrogen-bond acceptors (Lipinski definition) is 3. The SMILES string of the molecule is NC(CC1CNCCO1)c1c[nH]c2ccccc12. The Hall–Kier alpha value is -1.36. The maximum absolute atomic E-state index is 6.31. The van der Waals surface area contributed by atoms with E-state index in [1.165, 1.54) is 10.9 Å². The summed E-state index contributed by atoms with van der Waals surface area (Å²) < 4.78 is 5.71. The van der Waals surface area contributed by atoms with Crippen LogP contribution in [0, 0.1) is 0 Å². The molecule has 1 saturated heterocycles. The number of H-pyrrole nitrogens is 1.